The van der Waals surface area contributed by atoms with Crippen molar-refractivity contribution < 1.29 is 14.7 Å². The van der Waals surface area contributed by atoms with Crippen LogP contribution in [0, 0.1) is 6.92 Å². The molecule has 0 bridgehead atoms. The van der Waals surface area contributed by atoms with Crippen LogP contribution in [0.1, 0.15) is 65.7 Å². The van der Waals surface area contributed by atoms with Crippen LogP contribution in [-0.2, 0) is 10.3 Å². The molecule has 0 unspecified atom stereocenters. The average Bonchev–Trinajstić information content (AvgIpc) is 3.20. The Bertz CT molecular complexity index is 1450. The fourth-order valence-electron chi connectivity index (χ4n) is 5.57. The van der Waals surface area contributed by atoms with Crippen molar-refractivity contribution in [3.63, 3.8) is 0 Å². The van der Waals surface area contributed by atoms with Crippen LogP contribution in [0.15, 0.2) is 47.9 Å². The van der Waals surface area contributed by atoms with Gasteiger partial charge in [0.15, 0.2) is 11.3 Å². The third-order valence-corrected chi connectivity index (χ3v) is 7.38. The van der Waals surface area contributed by atoms with E-state index < -0.39 is 5.54 Å². The Hall–Kier alpha value is -4.05. The molecule has 1 spiro atoms. The van der Waals surface area contributed by atoms with Gasteiger partial charge in [-0.3, -0.25) is 4.79 Å². The molecule has 0 radical (unpaired) electrons. The van der Waals surface area contributed by atoms with Gasteiger partial charge in [0.1, 0.15) is 18.0 Å². The highest BCUT2D eigenvalue weighted by atomic mass is 16.5. The molecule has 190 valence electrons. The van der Waals surface area contributed by atoms with Crippen molar-refractivity contribution in [3.8, 4) is 0 Å². The Morgan fingerprint density at radius 3 is 2.76 bits per heavy atom. The number of nitrogens with one attached hydrogen (secondary N) is 2. The number of hydrogen-bond acceptors (Lipinski definition) is 8. The molecule has 1 aliphatic carbocycles. The first kappa shape index (κ1) is 23.4. The maximum absolute atomic E-state index is 12.8. The van der Waals surface area contributed by atoms with Crippen LogP contribution in [-0.4, -0.2) is 44.0 Å². The molecule has 2 aliphatic heterocycles. The summed E-state index contributed by atoms with van der Waals surface area (Å²) in [6.45, 7) is 3.23. The molecular formula is C27H29N7O3. The van der Waals surface area contributed by atoms with E-state index in [1.165, 1.54) is 11.9 Å². The number of rotatable bonds is 4. The summed E-state index contributed by atoms with van der Waals surface area (Å²) in [5.41, 5.74) is 4.00. The van der Waals surface area contributed by atoms with Gasteiger partial charge in [-0.15, -0.1) is 0 Å². The second-order valence-electron chi connectivity index (χ2n) is 9.80. The van der Waals surface area contributed by atoms with E-state index in [9.17, 15) is 10.0 Å². The monoisotopic (exact) mass is 499 g/mol. The summed E-state index contributed by atoms with van der Waals surface area (Å²) in [5, 5.41) is 17.6. The summed E-state index contributed by atoms with van der Waals surface area (Å²) in [6, 6.07) is 7.33. The van der Waals surface area contributed by atoms with Gasteiger partial charge in [-0.2, -0.15) is 4.73 Å². The zero-order chi connectivity index (χ0) is 25.4. The summed E-state index contributed by atoms with van der Waals surface area (Å²) in [4.78, 5) is 30.5. The van der Waals surface area contributed by atoms with Gasteiger partial charge in [0.25, 0.3) is 5.91 Å². The number of carbonyl (C=O) groups excluding carboxylic acids is 1. The molecule has 3 N–H and O–H groups in total. The second-order valence-corrected chi connectivity index (χ2v) is 9.80. The largest absolute Gasteiger partial charge is 0.427 e. The van der Waals surface area contributed by atoms with Crippen LogP contribution in [0.2, 0.25) is 0 Å². The van der Waals surface area contributed by atoms with Crippen LogP contribution >= 0.6 is 0 Å². The molecule has 0 atom stereocenters. The molecule has 6 rings (SSSR count). The van der Waals surface area contributed by atoms with E-state index in [0.29, 0.717) is 40.8 Å². The molecule has 0 saturated heterocycles. The fourth-order valence-corrected chi connectivity index (χ4v) is 5.57. The van der Waals surface area contributed by atoms with Crippen molar-refractivity contribution in [3.05, 3.63) is 70.7 Å². The van der Waals surface area contributed by atoms with E-state index in [-0.39, 0.29) is 5.91 Å². The normalized spacial score (nSPS) is 18.9. The number of pyridine rings is 2. The molecular weight excluding hydrogens is 470 g/mol. The molecule has 37 heavy (non-hydrogen) atoms. The van der Waals surface area contributed by atoms with Crippen molar-refractivity contribution in [1.82, 2.24) is 25.0 Å². The van der Waals surface area contributed by atoms with Gasteiger partial charge < -0.3 is 20.6 Å². The highest BCUT2D eigenvalue weighted by Crippen LogP contribution is 2.42. The SMILES string of the molecule is Cc1cc(=Nc2cc(Nc3ccc(C4=CCOCC4)cn3)ncn2)n(O)c2c1C(=O)NC21CCCCC1. The second kappa shape index (κ2) is 9.44. The van der Waals surface area contributed by atoms with E-state index in [4.69, 9.17) is 4.74 Å². The van der Waals surface area contributed by atoms with Crippen molar-refractivity contribution in [2.75, 3.05) is 18.5 Å². The number of anilines is 2. The topological polar surface area (TPSA) is 127 Å². The first-order valence-corrected chi connectivity index (χ1v) is 12.7. The zero-order valence-electron chi connectivity index (χ0n) is 20.7. The van der Waals surface area contributed by atoms with Gasteiger partial charge in [0, 0.05) is 12.3 Å². The van der Waals surface area contributed by atoms with Gasteiger partial charge >= 0.3 is 0 Å². The lowest BCUT2D eigenvalue weighted by Crippen LogP contribution is -2.43. The van der Waals surface area contributed by atoms with Crippen molar-refractivity contribution in [2.45, 2.75) is 51.0 Å². The van der Waals surface area contributed by atoms with Crippen LogP contribution in [0.25, 0.3) is 5.57 Å². The molecule has 1 fully saturated rings. The molecule has 0 aromatic carbocycles. The van der Waals surface area contributed by atoms with E-state index in [2.05, 4.69) is 36.7 Å². The minimum absolute atomic E-state index is 0.135. The Kier molecular flexibility index (Phi) is 5.96. The zero-order valence-corrected chi connectivity index (χ0v) is 20.7. The third-order valence-electron chi connectivity index (χ3n) is 7.38. The summed E-state index contributed by atoms with van der Waals surface area (Å²) >= 11 is 0. The lowest BCUT2D eigenvalue weighted by atomic mass is 9.79. The Morgan fingerprint density at radius 1 is 1.14 bits per heavy atom. The lowest BCUT2D eigenvalue weighted by molar-refractivity contribution is 0.0892. The van der Waals surface area contributed by atoms with E-state index in [1.807, 2.05) is 25.3 Å². The van der Waals surface area contributed by atoms with Crippen molar-refractivity contribution >= 4 is 28.9 Å². The number of nitrogens with zero attached hydrogens (tertiary/aromatic N) is 5. The van der Waals surface area contributed by atoms with Gasteiger partial charge in [-0.05, 0) is 61.1 Å². The molecule has 5 heterocycles. The van der Waals surface area contributed by atoms with Crippen LogP contribution in [0.4, 0.5) is 17.5 Å². The number of aromatic nitrogens is 4. The minimum Gasteiger partial charge on any atom is -0.427 e. The average molecular weight is 500 g/mol. The standard InChI is InChI=1S/C27H29N7O3/c1-17-13-23(34(36)25-24(17)26(35)33-27(25)9-3-2-4-10-27)32-22-14-21(29-16-30-22)31-20-6-5-19(15-28-20)18-7-11-37-12-8-18/h5-7,13-16,36H,2-4,8-12H2,1H3,(H,33,35)(H,28,29,30,31). The Labute approximate surface area is 214 Å². The molecule has 10 nitrogen and oxygen atoms in total. The first-order chi connectivity index (χ1) is 18.0. The molecule has 3 aromatic rings. The van der Waals surface area contributed by atoms with Crippen LogP contribution in [0.3, 0.4) is 0 Å². The number of fused-ring (bicyclic) bond motifs is 2. The number of ether oxygens (including phenoxy) is 1. The van der Waals surface area contributed by atoms with Crippen molar-refractivity contribution in [2.24, 2.45) is 4.99 Å². The molecule has 10 heteroatoms. The van der Waals surface area contributed by atoms with Gasteiger partial charge in [-0.25, -0.2) is 19.9 Å². The highest BCUT2D eigenvalue weighted by molar-refractivity contribution is 6.00. The van der Waals surface area contributed by atoms with E-state index in [0.717, 1.165) is 61.0 Å². The predicted molar refractivity (Wildman–Crippen MR) is 137 cm³/mol. The Balaban J connectivity index is 1.30. The maximum atomic E-state index is 12.8. The predicted octanol–water partition coefficient (Wildman–Crippen LogP) is 3.90. The number of aryl methyl sites for hydroxylation is 1. The lowest BCUT2D eigenvalue weighted by Gasteiger charge is -2.34. The summed E-state index contributed by atoms with van der Waals surface area (Å²) in [6.07, 6.45) is 10.9. The van der Waals surface area contributed by atoms with Gasteiger partial charge in [0.05, 0.1) is 30.0 Å². The van der Waals surface area contributed by atoms with E-state index >= 15 is 0 Å². The molecule has 1 amide bonds. The summed E-state index contributed by atoms with van der Waals surface area (Å²) < 4.78 is 6.44. The molecule has 3 aromatic heterocycles. The van der Waals surface area contributed by atoms with Crippen LogP contribution < -0.4 is 16.1 Å². The quantitative estimate of drug-likeness (QED) is 0.465. The number of amides is 1. The number of hydrogen-bond donors (Lipinski definition) is 3. The molecule has 3 aliphatic rings. The van der Waals surface area contributed by atoms with Crippen molar-refractivity contribution in [1.29, 1.82) is 0 Å². The summed E-state index contributed by atoms with van der Waals surface area (Å²) in [7, 11) is 0. The Morgan fingerprint density at radius 2 is 2.00 bits per heavy atom. The minimum atomic E-state index is -0.549. The number of carbonyl (C=O) groups is 1. The van der Waals surface area contributed by atoms with Gasteiger partial charge in [0.2, 0.25) is 0 Å². The van der Waals surface area contributed by atoms with E-state index in [1.54, 1.807) is 12.1 Å². The summed E-state index contributed by atoms with van der Waals surface area (Å²) in [5.74, 6) is 1.42. The fraction of sp³-hybridized carbons (Fsp3) is 0.370. The highest BCUT2D eigenvalue weighted by Gasteiger charge is 2.47. The smallest absolute Gasteiger partial charge is 0.254 e. The molecule has 1 saturated carbocycles. The van der Waals surface area contributed by atoms with Gasteiger partial charge in [-0.1, -0.05) is 25.3 Å². The maximum Gasteiger partial charge on any atom is 0.254 e. The third kappa shape index (κ3) is 4.37. The van der Waals surface area contributed by atoms with Crippen LogP contribution in [0.5, 0.6) is 0 Å². The first-order valence-electron chi connectivity index (χ1n) is 12.7.